The van der Waals surface area contributed by atoms with Crippen LogP contribution in [0.4, 0.5) is 5.82 Å². The number of fused-ring (bicyclic) bond motifs is 1. The fraction of sp³-hybridized carbons (Fsp3) is 0.333. The minimum Gasteiger partial charge on any atom is -0.307 e. The van der Waals surface area contributed by atoms with Gasteiger partial charge in [0.1, 0.15) is 5.82 Å². The van der Waals surface area contributed by atoms with Gasteiger partial charge in [0, 0.05) is 18.8 Å². The molecule has 0 saturated heterocycles. The molecule has 1 amide bonds. The van der Waals surface area contributed by atoms with E-state index in [1.165, 1.54) is 5.56 Å². The summed E-state index contributed by atoms with van der Waals surface area (Å²) in [6.07, 6.45) is 2.71. The molecule has 0 radical (unpaired) electrons. The maximum atomic E-state index is 13.3. The number of aromatic nitrogens is 5. The molecule has 0 spiro atoms. The fourth-order valence-electron chi connectivity index (χ4n) is 3.74. The molecule has 0 unspecified atom stereocenters. The van der Waals surface area contributed by atoms with Crippen LogP contribution >= 0.6 is 0 Å². The van der Waals surface area contributed by atoms with Gasteiger partial charge in [-0.2, -0.15) is 10.2 Å². The van der Waals surface area contributed by atoms with Gasteiger partial charge in [-0.25, -0.2) is 9.67 Å². The minimum atomic E-state index is -0.187. The molecule has 0 aliphatic rings. The molecule has 0 saturated carbocycles. The van der Waals surface area contributed by atoms with Crippen molar-refractivity contribution in [2.24, 2.45) is 7.05 Å². The zero-order valence-corrected chi connectivity index (χ0v) is 18.7. The van der Waals surface area contributed by atoms with E-state index in [9.17, 15) is 4.79 Å². The second kappa shape index (κ2) is 8.34. The highest BCUT2D eigenvalue weighted by atomic mass is 16.1. The lowest BCUT2D eigenvalue weighted by Crippen LogP contribution is -2.17. The van der Waals surface area contributed by atoms with Crippen LogP contribution in [0.1, 0.15) is 59.6 Å². The largest absolute Gasteiger partial charge is 0.307 e. The number of hydrogen-bond acceptors (Lipinski definition) is 4. The summed E-state index contributed by atoms with van der Waals surface area (Å²) in [5.41, 5.74) is 5.39. The van der Waals surface area contributed by atoms with Gasteiger partial charge in [0.05, 0.1) is 29.4 Å². The zero-order valence-electron chi connectivity index (χ0n) is 18.7. The third kappa shape index (κ3) is 4.08. The van der Waals surface area contributed by atoms with Crippen molar-refractivity contribution in [3.8, 4) is 0 Å². The fourth-order valence-corrected chi connectivity index (χ4v) is 3.74. The number of carbonyl (C=O) groups is 1. The summed E-state index contributed by atoms with van der Waals surface area (Å²) < 4.78 is 3.54. The van der Waals surface area contributed by atoms with Crippen LogP contribution in [-0.2, 0) is 20.0 Å². The van der Waals surface area contributed by atoms with Crippen LogP contribution in [0.2, 0.25) is 0 Å². The van der Waals surface area contributed by atoms with Crippen molar-refractivity contribution in [2.45, 2.75) is 46.6 Å². The summed E-state index contributed by atoms with van der Waals surface area (Å²) in [5, 5.41) is 12.7. The van der Waals surface area contributed by atoms with Gasteiger partial charge in [-0.05, 0) is 36.5 Å². The van der Waals surface area contributed by atoms with E-state index in [2.05, 4.69) is 60.6 Å². The van der Waals surface area contributed by atoms with E-state index in [0.29, 0.717) is 17.9 Å². The number of aryl methyl sites for hydroxylation is 3. The number of pyridine rings is 1. The molecule has 160 valence electrons. The van der Waals surface area contributed by atoms with Gasteiger partial charge in [0.2, 0.25) is 0 Å². The van der Waals surface area contributed by atoms with Crippen LogP contribution in [0.3, 0.4) is 0 Å². The van der Waals surface area contributed by atoms with Gasteiger partial charge in [0.25, 0.3) is 5.91 Å². The summed E-state index contributed by atoms with van der Waals surface area (Å²) in [6.45, 7) is 8.76. The highest BCUT2D eigenvalue weighted by molar-refractivity contribution is 6.12. The molecule has 3 aromatic heterocycles. The van der Waals surface area contributed by atoms with Crippen LogP contribution in [0.15, 0.2) is 42.6 Å². The first-order chi connectivity index (χ1) is 14.9. The SMILES string of the molecule is CCc1ccc(Cn2nccc2NC(=O)c2cc(C(C)C)nc3c2c(C)nn3C)cc1. The summed E-state index contributed by atoms with van der Waals surface area (Å²) >= 11 is 0. The molecular formula is C24H28N6O. The van der Waals surface area contributed by atoms with Crippen molar-refractivity contribution in [2.75, 3.05) is 5.32 Å². The lowest BCUT2D eigenvalue weighted by atomic mass is 10.0. The third-order valence-corrected chi connectivity index (χ3v) is 5.55. The van der Waals surface area contributed by atoms with Crippen molar-refractivity contribution in [1.29, 1.82) is 0 Å². The molecule has 7 heteroatoms. The average Bonchev–Trinajstić information content (AvgIpc) is 3.31. The lowest BCUT2D eigenvalue weighted by molar-refractivity contribution is 0.102. The van der Waals surface area contributed by atoms with Crippen molar-refractivity contribution >= 4 is 22.8 Å². The van der Waals surface area contributed by atoms with Crippen molar-refractivity contribution in [3.05, 3.63) is 70.7 Å². The Morgan fingerprint density at radius 2 is 1.84 bits per heavy atom. The maximum Gasteiger partial charge on any atom is 0.257 e. The number of carbonyl (C=O) groups excluding carboxylic acids is 1. The lowest BCUT2D eigenvalue weighted by Gasteiger charge is -2.12. The zero-order chi connectivity index (χ0) is 22.1. The molecule has 0 fully saturated rings. The second-order valence-corrected chi connectivity index (χ2v) is 8.16. The first-order valence-electron chi connectivity index (χ1n) is 10.6. The van der Waals surface area contributed by atoms with Gasteiger partial charge < -0.3 is 5.32 Å². The Bertz CT molecular complexity index is 1230. The van der Waals surface area contributed by atoms with Crippen molar-refractivity contribution < 1.29 is 4.79 Å². The highest BCUT2D eigenvalue weighted by Gasteiger charge is 2.20. The minimum absolute atomic E-state index is 0.187. The van der Waals surface area contributed by atoms with E-state index in [-0.39, 0.29) is 11.8 Å². The van der Waals surface area contributed by atoms with E-state index in [0.717, 1.165) is 34.4 Å². The van der Waals surface area contributed by atoms with Crippen LogP contribution in [-0.4, -0.2) is 30.5 Å². The molecule has 3 heterocycles. The van der Waals surface area contributed by atoms with Gasteiger partial charge in [-0.1, -0.05) is 45.0 Å². The molecule has 31 heavy (non-hydrogen) atoms. The quantitative estimate of drug-likeness (QED) is 0.503. The first-order valence-corrected chi connectivity index (χ1v) is 10.6. The molecule has 4 aromatic rings. The Morgan fingerprint density at radius 1 is 1.13 bits per heavy atom. The standard InChI is InChI=1S/C24H28N6O/c1-6-17-7-9-18(10-8-17)14-30-21(11-12-25-30)27-24(31)19-13-20(15(2)3)26-23-22(19)16(4)28-29(23)5/h7-13,15H,6,14H2,1-5H3,(H,27,31). The molecular weight excluding hydrogens is 388 g/mol. The summed E-state index contributed by atoms with van der Waals surface area (Å²) in [5.74, 6) is 0.665. The predicted octanol–water partition coefficient (Wildman–Crippen LogP) is 4.46. The van der Waals surface area contributed by atoms with Gasteiger partial charge in [0.15, 0.2) is 5.65 Å². The predicted molar refractivity (Wildman–Crippen MR) is 122 cm³/mol. The Morgan fingerprint density at radius 3 is 2.52 bits per heavy atom. The number of benzene rings is 1. The average molecular weight is 417 g/mol. The number of rotatable bonds is 6. The number of nitrogens with one attached hydrogen (secondary N) is 1. The smallest absolute Gasteiger partial charge is 0.257 e. The molecule has 0 aliphatic heterocycles. The number of anilines is 1. The van der Waals surface area contributed by atoms with E-state index >= 15 is 0 Å². The van der Waals surface area contributed by atoms with E-state index < -0.39 is 0 Å². The van der Waals surface area contributed by atoms with Crippen LogP contribution < -0.4 is 5.32 Å². The Labute approximate surface area is 182 Å². The number of amides is 1. The molecule has 0 bridgehead atoms. The Balaban J connectivity index is 1.65. The van der Waals surface area contributed by atoms with Crippen LogP contribution in [0.5, 0.6) is 0 Å². The van der Waals surface area contributed by atoms with Crippen LogP contribution in [0.25, 0.3) is 11.0 Å². The van der Waals surface area contributed by atoms with E-state index in [1.807, 2.05) is 26.1 Å². The third-order valence-electron chi connectivity index (χ3n) is 5.55. The topological polar surface area (TPSA) is 77.6 Å². The molecule has 1 N–H and O–H groups in total. The molecule has 1 aromatic carbocycles. The van der Waals surface area contributed by atoms with Crippen LogP contribution in [0, 0.1) is 6.92 Å². The van der Waals surface area contributed by atoms with E-state index in [4.69, 9.17) is 4.98 Å². The molecule has 4 rings (SSSR count). The monoisotopic (exact) mass is 416 g/mol. The molecule has 0 atom stereocenters. The molecule has 7 nitrogen and oxygen atoms in total. The maximum absolute atomic E-state index is 13.3. The van der Waals surface area contributed by atoms with Gasteiger partial charge >= 0.3 is 0 Å². The van der Waals surface area contributed by atoms with E-state index in [1.54, 1.807) is 15.6 Å². The highest BCUT2D eigenvalue weighted by Crippen LogP contribution is 2.26. The Kier molecular flexibility index (Phi) is 5.59. The molecule has 0 aliphatic carbocycles. The van der Waals surface area contributed by atoms with Crippen molar-refractivity contribution in [3.63, 3.8) is 0 Å². The number of hydrogen-bond donors (Lipinski definition) is 1. The Hall–Kier alpha value is -3.48. The van der Waals surface area contributed by atoms with Gasteiger partial charge in [-0.3, -0.25) is 9.48 Å². The second-order valence-electron chi connectivity index (χ2n) is 8.16. The summed E-state index contributed by atoms with van der Waals surface area (Å²) in [6, 6.07) is 12.2. The summed E-state index contributed by atoms with van der Waals surface area (Å²) in [7, 11) is 1.85. The van der Waals surface area contributed by atoms with Crippen molar-refractivity contribution in [1.82, 2.24) is 24.5 Å². The summed E-state index contributed by atoms with van der Waals surface area (Å²) in [4.78, 5) is 18.1. The number of nitrogens with zero attached hydrogens (tertiary/aromatic N) is 5. The first kappa shape index (κ1) is 20.8. The normalized spacial score (nSPS) is 11.4. The van der Waals surface area contributed by atoms with Gasteiger partial charge in [-0.15, -0.1) is 0 Å².